The van der Waals surface area contributed by atoms with Gasteiger partial charge in [0.2, 0.25) is 0 Å². The lowest BCUT2D eigenvalue weighted by molar-refractivity contribution is -0.116. The van der Waals surface area contributed by atoms with Crippen molar-refractivity contribution in [3.05, 3.63) is 47.0 Å². The third-order valence-corrected chi connectivity index (χ3v) is 4.02. The summed E-state index contributed by atoms with van der Waals surface area (Å²) in [5, 5.41) is 0. The molecule has 5 heteroatoms. The van der Waals surface area contributed by atoms with Crippen molar-refractivity contribution < 1.29 is 4.79 Å². The van der Waals surface area contributed by atoms with E-state index in [0.29, 0.717) is 12.2 Å². The zero-order valence-electron chi connectivity index (χ0n) is 9.97. The van der Waals surface area contributed by atoms with Gasteiger partial charge in [0.1, 0.15) is 5.82 Å². The molecule has 94 valence electrons. The highest BCUT2D eigenvalue weighted by atomic mass is 79.9. The number of carbonyl (C=O) groups is 1. The van der Waals surface area contributed by atoms with Gasteiger partial charge in [-0.2, -0.15) is 0 Å². The number of nitrogens with zero attached hydrogens (tertiary/aromatic N) is 2. The summed E-state index contributed by atoms with van der Waals surface area (Å²) in [6.07, 6.45) is 3.96. The molecule has 0 saturated carbocycles. The van der Waals surface area contributed by atoms with Crippen LogP contribution in [0.25, 0.3) is 0 Å². The maximum absolute atomic E-state index is 11.8. The van der Waals surface area contributed by atoms with Crippen LogP contribution in [0.4, 0.5) is 0 Å². The summed E-state index contributed by atoms with van der Waals surface area (Å²) in [5.41, 5.74) is 0. The molecule has 0 unspecified atom stereocenters. The van der Waals surface area contributed by atoms with Crippen LogP contribution in [0.1, 0.15) is 5.82 Å². The highest BCUT2D eigenvalue weighted by molar-refractivity contribution is 9.10. The maximum Gasteiger partial charge on any atom is 0.150 e. The number of aromatic nitrogens is 2. The van der Waals surface area contributed by atoms with Crippen LogP contribution in [0.3, 0.4) is 0 Å². The van der Waals surface area contributed by atoms with Crippen molar-refractivity contribution in [3.63, 3.8) is 0 Å². The molecule has 0 radical (unpaired) electrons. The average Bonchev–Trinajstić information content (AvgIpc) is 2.73. The van der Waals surface area contributed by atoms with Crippen molar-refractivity contribution in [1.82, 2.24) is 9.55 Å². The molecule has 2 aromatic rings. The normalized spacial score (nSPS) is 10.6. The van der Waals surface area contributed by atoms with Crippen molar-refractivity contribution in [1.29, 1.82) is 0 Å². The Morgan fingerprint density at radius 3 is 3.00 bits per heavy atom. The van der Waals surface area contributed by atoms with E-state index in [1.165, 1.54) is 0 Å². The topological polar surface area (TPSA) is 34.9 Å². The van der Waals surface area contributed by atoms with Gasteiger partial charge in [-0.05, 0) is 18.2 Å². The fourth-order valence-electron chi connectivity index (χ4n) is 1.51. The minimum Gasteiger partial charge on any atom is -0.338 e. The van der Waals surface area contributed by atoms with Crippen LogP contribution in [0, 0.1) is 0 Å². The number of rotatable bonds is 5. The Hall–Kier alpha value is -1.07. The van der Waals surface area contributed by atoms with Crippen LogP contribution in [-0.2, 0) is 18.3 Å². The summed E-state index contributed by atoms with van der Waals surface area (Å²) >= 11 is 4.97. The lowest BCUT2D eigenvalue weighted by Gasteiger charge is -2.02. The predicted molar refractivity (Wildman–Crippen MR) is 76.8 cm³/mol. The molecule has 1 aromatic heterocycles. The molecule has 2 rings (SSSR count). The van der Waals surface area contributed by atoms with E-state index in [-0.39, 0.29) is 5.78 Å². The lowest BCUT2D eigenvalue weighted by atomic mass is 10.3. The van der Waals surface area contributed by atoms with Gasteiger partial charge in [-0.1, -0.05) is 22.0 Å². The molecule has 0 aliphatic carbocycles. The molecule has 1 heterocycles. The van der Waals surface area contributed by atoms with Gasteiger partial charge in [-0.3, -0.25) is 4.79 Å². The number of ketones is 1. The monoisotopic (exact) mass is 324 g/mol. The van der Waals surface area contributed by atoms with Gasteiger partial charge in [0, 0.05) is 28.8 Å². The van der Waals surface area contributed by atoms with Gasteiger partial charge < -0.3 is 4.57 Å². The Morgan fingerprint density at radius 2 is 2.33 bits per heavy atom. The van der Waals surface area contributed by atoms with E-state index in [2.05, 4.69) is 20.9 Å². The largest absolute Gasteiger partial charge is 0.338 e. The van der Waals surface area contributed by atoms with Crippen molar-refractivity contribution in [3.8, 4) is 0 Å². The smallest absolute Gasteiger partial charge is 0.150 e. The van der Waals surface area contributed by atoms with Crippen molar-refractivity contribution in [2.45, 2.75) is 11.3 Å². The van der Waals surface area contributed by atoms with Crippen LogP contribution >= 0.6 is 27.7 Å². The van der Waals surface area contributed by atoms with Gasteiger partial charge in [-0.25, -0.2) is 4.98 Å². The zero-order chi connectivity index (χ0) is 13.0. The summed E-state index contributed by atoms with van der Waals surface area (Å²) in [6.45, 7) is 0. The molecule has 0 spiro atoms. The summed E-state index contributed by atoms with van der Waals surface area (Å²) in [6, 6.07) is 7.96. The standard InChI is InChI=1S/C13H13BrN2OS/c1-16-6-5-15-13(16)8-11(17)9-18-12-4-2-3-10(14)7-12/h2-7H,8-9H2,1H3. The number of thioether (sulfide) groups is 1. The molecule has 0 aliphatic heterocycles. The second-order valence-electron chi connectivity index (χ2n) is 3.92. The first-order valence-corrected chi connectivity index (χ1v) is 7.29. The number of benzene rings is 1. The molecule has 0 bridgehead atoms. The van der Waals surface area contributed by atoms with Crippen LogP contribution in [-0.4, -0.2) is 21.1 Å². The summed E-state index contributed by atoms with van der Waals surface area (Å²) < 4.78 is 2.91. The first kappa shape index (κ1) is 13.4. The Balaban J connectivity index is 1.87. The SMILES string of the molecule is Cn1ccnc1CC(=O)CSc1cccc(Br)c1. The molecular formula is C13H13BrN2OS. The van der Waals surface area contributed by atoms with Crippen molar-refractivity contribution in [2.24, 2.45) is 7.05 Å². The highest BCUT2D eigenvalue weighted by Crippen LogP contribution is 2.22. The van der Waals surface area contributed by atoms with Crippen LogP contribution < -0.4 is 0 Å². The fraction of sp³-hybridized carbons (Fsp3) is 0.231. The van der Waals surface area contributed by atoms with E-state index in [1.807, 2.05) is 42.1 Å². The molecule has 3 nitrogen and oxygen atoms in total. The zero-order valence-corrected chi connectivity index (χ0v) is 12.4. The van der Waals surface area contributed by atoms with Crippen LogP contribution in [0.15, 0.2) is 46.0 Å². The minimum atomic E-state index is 0.189. The summed E-state index contributed by atoms with van der Waals surface area (Å²) in [5.74, 6) is 1.48. The van der Waals surface area contributed by atoms with E-state index in [4.69, 9.17) is 0 Å². The van der Waals surface area contributed by atoms with E-state index in [9.17, 15) is 4.79 Å². The van der Waals surface area contributed by atoms with Gasteiger partial charge in [0.25, 0.3) is 0 Å². The number of halogens is 1. The number of imidazole rings is 1. The fourth-order valence-corrected chi connectivity index (χ4v) is 2.88. The predicted octanol–water partition coefficient (Wildman–Crippen LogP) is 3.09. The number of hydrogen-bond acceptors (Lipinski definition) is 3. The Labute approximate surface area is 119 Å². The van der Waals surface area contributed by atoms with Crippen LogP contribution in [0.5, 0.6) is 0 Å². The molecule has 0 amide bonds. The van der Waals surface area contributed by atoms with Crippen molar-refractivity contribution in [2.75, 3.05) is 5.75 Å². The van der Waals surface area contributed by atoms with Gasteiger partial charge in [0.05, 0.1) is 12.2 Å². The molecule has 0 aliphatic rings. The molecule has 0 fully saturated rings. The van der Waals surface area contributed by atoms with E-state index in [0.717, 1.165) is 15.2 Å². The van der Waals surface area contributed by atoms with E-state index >= 15 is 0 Å². The number of aryl methyl sites for hydroxylation is 1. The van der Waals surface area contributed by atoms with Crippen LogP contribution in [0.2, 0.25) is 0 Å². The first-order valence-electron chi connectivity index (χ1n) is 5.51. The molecule has 18 heavy (non-hydrogen) atoms. The number of hydrogen-bond donors (Lipinski definition) is 0. The first-order chi connectivity index (χ1) is 8.65. The lowest BCUT2D eigenvalue weighted by Crippen LogP contribution is -2.09. The van der Waals surface area contributed by atoms with E-state index in [1.54, 1.807) is 18.0 Å². The number of Topliss-reactive ketones (excluding diaryl/α,β-unsaturated/α-hetero) is 1. The molecular weight excluding hydrogens is 312 g/mol. The Kier molecular flexibility index (Phi) is 4.60. The summed E-state index contributed by atoms with van der Waals surface area (Å²) in [4.78, 5) is 17.1. The van der Waals surface area contributed by atoms with E-state index < -0.39 is 0 Å². The third-order valence-electron chi connectivity index (χ3n) is 2.47. The quantitative estimate of drug-likeness (QED) is 0.793. The molecule has 0 saturated heterocycles. The molecule has 1 aromatic carbocycles. The maximum atomic E-state index is 11.8. The molecule has 0 atom stereocenters. The highest BCUT2D eigenvalue weighted by Gasteiger charge is 2.08. The Morgan fingerprint density at radius 1 is 1.50 bits per heavy atom. The van der Waals surface area contributed by atoms with Crippen molar-refractivity contribution >= 4 is 33.5 Å². The third kappa shape index (κ3) is 3.71. The molecule has 0 N–H and O–H groups in total. The second kappa shape index (κ2) is 6.20. The Bertz CT molecular complexity index is 553. The van der Waals surface area contributed by atoms with Gasteiger partial charge >= 0.3 is 0 Å². The summed E-state index contributed by atoms with van der Waals surface area (Å²) in [7, 11) is 1.90. The number of carbonyl (C=O) groups excluding carboxylic acids is 1. The van der Waals surface area contributed by atoms with Gasteiger partial charge in [0.15, 0.2) is 5.78 Å². The average molecular weight is 325 g/mol. The van der Waals surface area contributed by atoms with Gasteiger partial charge in [-0.15, -0.1) is 11.8 Å². The minimum absolute atomic E-state index is 0.189. The second-order valence-corrected chi connectivity index (χ2v) is 5.88.